The molecule has 0 radical (unpaired) electrons. The molecule has 3 rings (SSSR count). The van der Waals surface area contributed by atoms with Gasteiger partial charge in [0.05, 0.1) is 0 Å². The molecule has 9 heteroatoms. The molecule has 1 saturated heterocycles. The molecule has 0 saturated carbocycles. The van der Waals surface area contributed by atoms with Crippen molar-refractivity contribution < 1.29 is 18.0 Å². The second-order valence-corrected chi connectivity index (χ2v) is 6.29. The van der Waals surface area contributed by atoms with Crippen LogP contribution in [-0.2, 0) is 6.18 Å². The summed E-state index contributed by atoms with van der Waals surface area (Å²) in [5, 5.41) is 6.58. The molecule has 0 atom stereocenters. The number of aromatic nitrogens is 2. The molecule has 1 amide bonds. The van der Waals surface area contributed by atoms with Crippen molar-refractivity contribution in [3.63, 3.8) is 0 Å². The summed E-state index contributed by atoms with van der Waals surface area (Å²) in [5.74, 6) is 0.149. The van der Waals surface area contributed by atoms with Crippen LogP contribution in [0, 0.1) is 0 Å². The number of halogens is 3. The van der Waals surface area contributed by atoms with Gasteiger partial charge >= 0.3 is 6.18 Å². The second-order valence-electron chi connectivity index (χ2n) is 5.51. The van der Waals surface area contributed by atoms with E-state index in [-0.39, 0.29) is 17.8 Å². The van der Waals surface area contributed by atoms with Crippen molar-refractivity contribution in [1.29, 1.82) is 0 Å². The maximum atomic E-state index is 12.7. The van der Waals surface area contributed by atoms with Gasteiger partial charge < -0.3 is 10.2 Å². The number of anilines is 1. The Labute approximate surface area is 140 Å². The Morgan fingerprint density at radius 3 is 2.67 bits per heavy atom. The summed E-state index contributed by atoms with van der Waals surface area (Å²) in [6.45, 7) is 1.06. The molecule has 2 aromatic rings. The number of amides is 1. The summed E-state index contributed by atoms with van der Waals surface area (Å²) in [6, 6.07) is 2.73. The molecule has 24 heavy (non-hydrogen) atoms. The van der Waals surface area contributed by atoms with Crippen molar-refractivity contribution in [3.05, 3.63) is 40.5 Å². The molecule has 128 valence electrons. The molecule has 0 unspecified atom stereocenters. The summed E-state index contributed by atoms with van der Waals surface area (Å²) < 4.78 is 38.2. The smallest absolute Gasteiger partial charge is 0.356 e. The first kappa shape index (κ1) is 16.7. The van der Waals surface area contributed by atoms with Crippen LogP contribution in [0.2, 0.25) is 0 Å². The fourth-order valence-corrected chi connectivity index (χ4v) is 3.23. The molecule has 0 aliphatic carbocycles. The third kappa shape index (κ3) is 3.84. The minimum absolute atomic E-state index is 0.0116. The lowest BCUT2D eigenvalue weighted by Crippen LogP contribution is -2.45. The van der Waals surface area contributed by atoms with Gasteiger partial charge in [-0.25, -0.2) is 9.97 Å². The number of carbonyl (C=O) groups excluding carboxylic acids is 1. The third-order valence-corrected chi connectivity index (χ3v) is 4.56. The Morgan fingerprint density at radius 1 is 1.29 bits per heavy atom. The summed E-state index contributed by atoms with van der Waals surface area (Å²) in [6.07, 6.45) is -2.24. The van der Waals surface area contributed by atoms with Crippen LogP contribution in [0.4, 0.5) is 19.0 Å². The molecule has 5 nitrogen and oxygen atoms in total. The van der Waals surface area contributed by atoms with Crippen molar-refractivity contribution in [2.45, 2.75) is 25.1 Å². The van der Waals surface area contributed by atoms with E-state index in [0.29, 0.717) is 31.5 Å². The van der Waals surface area contributed by atoms with Crippen molar-refractivity contribution >= 4 is 23.1 Å². The molecule has 1 N–H and O–H groups in total. The standard InChI is InChI=1S/C15H15F3N4OS/c16-15(17,18)12-7-13(20-9-19-12)22-4-1-11(2-5-22)21-14(23)10-3-6-24-8-10/h3,6-9,11H,1-2,4-5H2,(H,21,23). The van der Waals surface area contributed by atoms with Crippen molar-refractivity contribution in [2.75, 3.05) is 18.0 Å². The molecule has 1 aliphatic rings. The SMILES string of the molecule is O=C(NC1CCN(c2cc(C(F)(F)F)ncn2)CC1)c1ccsc1. The highest BCUT2D eigenvalue weighted by atomic mass is 32.1. The number of nitrogens with zero attached hydrogens (tertiary/aromatic N) is 3. The number of rotatable bonds is 3. The summed E-state index contributed by atoms with van der Waals surface area (Å²) >= 11 is 1.46. The minimum atomic E-state index is -4.48. The zero-order valence-electron chi connectivity index (χ0n) is 12.6. The number of carbonyl (C=O) groups is 1. The van der Waals surface area contributed by atoms with Gasteiger partial charge in [-0.15, -0.1) is 0 Å². The molecule has 1 fully saturated rings. The molecule has 3 heterocycles. The highest BCUT2D eigenvalue weighted by Crippen LogP contribution is 2.29. The van der Waals surface area contributed by atoms with Gasteiger partial charge in [0.1, 0.15) is 17.8 Å². The van der Waals surface area contributed by atoms with E-state index in [1.165, 1.54) is 11.3 Å². The van der Waals surface area contributed by atoms with Gasteiger partial charge in [-0.1, -0.05) is 0 Å². The molecule has 0 bridgehead atoms. The second kappa shape index (κ2) is 6.76. The zero-order chi connectivity index (χ0) is 17.2. The lowest BCUT2D eigenvalue weighted by Gasteiger charge is -2.33. The van der Waals surface area contributed by atoms with Crippen molar-refractivity contribution in [3.8, 4) is 0 Å². The molecule has 1 aliphatic heterocycles. The normalized spacial score (nSPS) is 16.2. The van der Waals surface area contributed by atoms with E-state index in [1.54, 1.807) is 16.3 Å². The zero-order valence-corrected chi connectivity index (χ0v) is 13.4. The van der Waals surface area contributed by atoms with Gasteiger partial charge in [-0.2, -0.15) is 24.5 Å². The van der Waals surface area contributed by atoms with Crippen LogP contribution in [0.25, 0.3) is 0 Å². The highest BCUT2D eigenvalue weighted by molar-refractivity contribution is 7.08. The topological polar surface area (TPSA) is 58.1 Å². The molecular formula is C15H15F3N4OS. The number of hydrogen-bond acceptors (Lipinski definition) is 5. The van der Waals surface area contributed by atoms with Crippen LogP contribution in [0.15, 0.2) is 29.2 Å². The minimum Gasteiger partial charge on any atom is -0.356 e. The summed E-state index contributed by atoms with van der Waals surface area (Å²) in [4.78, 5) is 21.0. The number of thiophene rings is 1. The largest absolute Gasteiger partial charge is 0.433 e. The Morgan fingerprint density at radius 2 is 2.04 bits per heavy atom. The van der Waals surface area contributed by atoms with Crippen LogP contribution in [0.5, 0.6) is 0 Å². The van der Waals surface area contributed by atoms with Gasteiger partial charge in [0.15, 0.2) is 0 Å². The van der Waals surface area contributed by atoms with Gasteiger partial charge in [-0.3, -0.25) is 4.79 Å². The van der Waals surface area contributed by atoms with Crippen LogP contribution < -0.4 is 10.2 Å². The molecule has 0 spiro atoms. The maximum absolute atomic E-state index is 12.7. The lowest BCUT2D eigenvalue weighted by atomic mass is 10.0. The lowest BCUT2D eigenvalue weighted by molar-refractivity contribution is -0.141. The Hall–Kier alpha value is -2.16. The third-order valence-electron chi connectivity index (χ3n) is 3.88. The van der Waals surface area contributed by atoms with E-state index >= 15 is 0 Å². The first-order valence-electron chi connectivity index (χ1n) is 7.41. The Balaban J connectivity index is 1.58. The van der Waals surface area contributed by atoms with E-state index in [0.717, 1.165) is 12.4 Å². The number of nitrogens with one attached hydrogen (secondary N) is 1. The Bertz CT molecular complexity index is 697. The van der Waals surface area contributed by atoms with E-state index in [2.05, 4.69) is 15.3 Å². The fourth-order valence-electron chi connectivity index (χ4n) is 2.59. The average molecular weight is 356 g/mol. The van der Waals surface area contributed by atoms with Gasteiger partial charge in [0.25, 0.3) is 5.91 Å². The number of piperidine rings is 1. The predicted molar refractivity (Wildman–Crippen MR) is 84.1 cm³/mol. The summed E-state index contributed by atoms with van der Waals surface area (Å²) in [5.41, 5.74) is -0.312. The van der Waals surface area contributed by atoms with Gasteiger partial charge in [0.2, 0.25) is 0 Å². The van der Waals surface area contributed by atoms with E-state index < -0.39 is 11.9 Å². The van der Waals surface area contributed by atoms with Crippen molar-refractivity contribution in [1.82, 2.24) is 15.3 Å². The predicted octanol–water partition coefficient (Wildman–Crippen LogP) is 2.96. The van der Waals surface area contributed by atoms with Gasteiger partial charge in [-0.05, 0) is 24.3 Å². The number of hydrogen-bond donors (Lipinski definition) is 1. The van der Waals surface area contributed by atoms with E-state index in [9.17, 15) is 18.0 Å². The first-order chi connectivity index (χ1) is 11.4. The highest BCUT2D eigenvalue weighted by Gasteiger charge is 2.33. The van der Waals surface area contributed by atoms with Crippen LogP contribution in [0.1, 0.15) is 28.9 Å². The van der Waals surface area contributed by atoms with Crippen molar-refractivity contribution in [2.24, 2.45) is 0 Å². The summed E-state index contributed by atoms with van der Waals surface area (Å²) in [7, 11) is 0. The van der Waals surface area contributed by atoms with E-state index in [1.807, 2.05) is 5.38 Å². The van der Waals surface area contributed by atoms with Crippen LogP contribution >= 0.6 is 11.3 Å². The molecule has 0 aromatic carbocycles. The molecule has 2 aromatic heterocycles. The number of alkyl halides is 3. The monoisotopic (exact) mass is 356 g/mol. The first-order valence-corrected chi connectivity index (χ1v) is 8.35. The Kier molecular flexibility index (Phi) is 4.70. The average Bonchev–Trinajstić information content (AvgIpc) is 3.09. The van der Waals surface area contributed by atoms with Crippen LogP contribution in [-0.4, -0.2) is 35.0 Å². The molecular weight excluding hydrogens is 341 g/mol. The fraction of sp³-hybridized carbons (Fsp3) is 0.400. The van der Waals surface area contributed by atoms with E-state index in [4.69, 9.17) is 0 Å². The maximum Gasteiger partial charge on any atom is 0.433 e. The van der Waals surface area contributed by atoms with Crippen LogP contribution in [0.3, 0.4) is 0 Å². The van der Waals surface area contributed by atoms with Gasteiger partial charge in [0, 0.05) is 36.1 Å². The quantitative estimate of drug-likeness (QED) is 0.919.